The molecule has 0 spiro atoms. The second-order valence-electron chi connectivity index (χ2n) is 5.17. The first-order chi connectivity index (χ1) is 9.72. The molecule has 1 aliphatic rings. The third-order valence-corrected chi connectivity index (χ3v) is 3.94. The summed E-state index contributed by atoms with van der Waals surface area (Å²) in [6, 6.07) is 8.67. The molecule has 4 heteroatoms. The van der Waals surface area contributed by atoms with Crippen LogP contribution in [0.5, 0.6) is 11.5 Å². The molecule has 0 saturated heterocycles. The number of hydrogen-bond acceptors (Lipinski definition) is 3. The van der Waals surface area contributed by atoms with E-state index in [0.29, 0.717) is 6.04 Å². The Labute approximate surface area is 127 Å². The molecule has 20 heavy (non-hydrogen) atoms. The summed E-state index contributed by atoms with van der Waals surface area (Å²) in [5.41, 5.74) is 2.29. The Morgan fingerprint density at radius 3 is 2.90 bits per heavy atom. The zero-order chi connectivity index (χ0) is 13.9. The number of rotatable bonds is 5. The molecule has 1 saturated carbocycles. The van der Waals surface area contributed by atoms with Crippen LogP contribution in [-0.2, 0) is 6.54 Å². The first-order valence-electron chi connectivity index (χ1n) is 6.82. The molecule has 1 aliphatic carbocycles. The largest absolute Gasteiger partial charge is 0.456 e. The summed E-state index contributed by atoms with van der Waals surface area (Å²) in [5.74, 6) is 1.69. The third kappa shape index (κ3) is 3.38. The lowest BCUT2D eigenvalue weighted by Gasteiger charge is -2.12. The summed E-state index contributed by atoms with van der Waals surface area (Å²) in [6.45, 7) is 2.86. The fourth-order valence-electron chi connectivity index (χ4n) is 2.00. The number of halogens is 1. The van der Waals surface area contributed by atoms with Gasteiger partial charge in [0, 0.05) is 30.5 Å². The molecule has 1 aromatic carbocycles. The lowest BCUT2D eigenvalue weighted by Crippen LogP contribution is -2.15. The van der Waals surface area contributed by atoms with Gasteiger partial charge >= 0.3 is 0 Å². The first-order valence-corrected chi connectivity index (χ1v) is 7.62. The number of nitrogens with one attached hydrogen (secondary N) is 1. The zero-order valence-corrected chi connectivity index (χ0v) is 13.0. The van der Waals surface area contributed by atoms with Gasteiger partial charge in [-0.25, -0.2) is 0 Å². The topological polar surface area (TPSA) is 34.1 Å². The molecular formula is C16H17BrN2O. The Morgan fingerprint density at radius 2 is 2.15 bits per heavy atom. The lowest BCUT2D eigenvalue weighted by atomic mass is 10.2. The molecule has 2 aromatic rings. The van der Waals surface area contributed by atoms with E-state index in [2.05, 4.69) is 39.2 Å². The van der Waals surface area contributed by atoms with E-state index in [-0.39, 0.29) is 0 Å². The molecule has 0 radical (unpaired) electrons. The van der Waals surface area contributed by atoms with Gasteiger partial charge < -0.3 is 10.1 Å². The van der Waals surface area contributed by atoms with Crippen LogP contribution in [0.25, 0.3) is 0 Å². The number of pyridine rings is 1. The second kappa shape index (κ2) is 5.94. The van der Waals surface area contributed by atoms with Crippen molar-refractivity contribution < 1.29 is 4.74 Å². The molecule has 0 bridgehead atoms. The van der Waals surface area contributed by atoms with Crippen molar-refractivity contribution in [2.24, 2.45) is 0 Å². The molecule has 1 fully saturated rings. The van der Waals surface area contributed by atoms with E-state index in [1.807, 2.05) is 24.4 Å². The van der Waals surface area contributed by atoms with E-state index in [9.17, 15) is 0 Å². The average Bonchev–Trinajstić information content (AvgIpc) is 3.25. The Morgan fingerprint density at radius 1 is 1.30 bits per heavy atom. The van der Waals surface area contributed by atoms with Gasteiger partial charge in [-0.05, 0) is 59.5 Å². The number of ether oxygens (including phenoxy) is 1. The first kappa shape index (κ1) is 13.6. The van der Waals surface area contributed by atoms with Crippen LogP contribution in [0, 0.1) is 6.92 Å². The maximum atomic E-state index is 6.02. The number of aryl methyl sites for hydroxylation is 1. The van der Waals surface area contributed by atoms with Gasteiger partial charge in [0.15, 0.2) is 0 Å². The van der Waals surface area contributed by atoms with Crippen LogP contribution >= 0.6 is 15.9 Å². The molecule has 1 heterocycles. The van der Waals surface area contributed by atoms with Crippen molar-refractivity contribution >= 4 is 15.9 Å². The van der Waals surface area contributed by atoms with Crippen molar-refractivity contribution in [1.29, 1.82) is 0 Å². The highest BCUT2D eigenvalue weighted by molar-refractivity contribution is 9.10. The van der Waals surface area contributed by atoms with Crippen molar-refractivity contribution in [2.45, 2.75) is 32.4 Å². The van der Waals surface area contributed by atoms with Crippen LogP contribution in [0.3, 0.4) is 0 Å². The summed E-state index contributed by atoms with van der Waals surface area (Å²) in [5, 5.41) is 3.49. The van der Waals surface area contributed by atoms with Gasteiger partial charge in [-0.1, -0.05) is 6.07 Å². The fourth-order valence-corrected chi connectivity index (χ4v) is 2.57. The maximum Gasteiger partial charge on any atom is 0.141 e. The number of benzene rings is 1. The molecule has 0 unspecified atom stereocenters. The van der Waals surface area contributed by atoms with Crippen LogP contribution in [0.1, 0.15) is 24.0 Å². The van der Waals surface area contributed by atoms with Crippen molar-refractivity contribution in [3.63, 3.8) is 0 Å². The smallest absolute Gasteiger partial charge is 0.141 e. The lowest BCUT2D eigenvalue weighted by molar-refractivity contribution is 0.468. The molecule has 3 nitrogen and oxygen atoms in total. The van der Waals surface area contributed by atoms with Crippen LogP contribution in [0.2, 0.25) is 0 Å². The highest BCUT2D eigenvalue weighted by atomic mass is 79.9. The van der Waals surface area contributed by atoms with Gasteiger partial charge in [0.1, 0.15) is 11.5 Å². The van der Waals surface area contributed by atoms with Crippen LogP contribution in [-0.4, -0.2) is 11.0 Å². The predicted octanol–water partition coefficient (Wildman–Crippen LogP) is 4.20. The Kier molecular flexibility index (Phi) is 4.03. The van der Waals surface area contributed by atoms with Gasteiger partial charge in [-0.3, -0.25) is 4.98 Å². The quantitative estimate of drug-likeness (QED) is 0.891. The van der Waals surface area contributed by atoms with E-state index in [4.69, 9.17) is 4.74 Å². The van der Waals surface area contributed by atoms with E-state index in [1.54, 1.807) is 6.20 Å². The molecule has 0 amide bonds. The number of aromatic nitrogens is 1. The van der Waals surface area contributed by atoms with Gasteiger partial charge in [0.25, 0.3) is 0 Å². The van der Waals surface area contributed by atoms with E-state index in [0.717, 1.165) is 28.1 Å². The SMILES string of the molecule is Cc1ccc(Oc2ccncc2CNC2CC2)c(Br)c1. The maximum absolute atomic E-state index is 6.02. The summed E-state index contributed by atoms with van der Waals surface area (Å²) >= 11 is 3.55. The van der Waals surface area contributed by atoms with E-state index >= 15 is 0 Å². The monoisotopic (exact) mass is 332 g/mol. The Bertz CT molecular complexity index is 611. The number of hydrogen-bond donors (Lipinski definition) is 1. The average molecular weight is 333 g/mol. The van der Waals surface area contributed by atoms with Crippen LogP contribution in [0.15, 0.2) is 41.1 Å². The van der Waals surface area contributed by atoms with Crippen LogP contribution < -0.4 is 10.1 Å². The fraction of sp³-hybridized carbons (Fsp3) is 0.312. The van der Waals surface area contributed by atoms with E-state index in [1.165, 1.54) is 18.4 Å². The van der Waals surface area contributed by atoms with Crippen molar-refractivity contribution in [3.05, 3.63) is 52.3 Å². The predicted molar refractivity (Wildman–Crippen MR) is 83.1 cm³/mol. The standard InChI is InChI=1S/C16H17BrN2O/c1-11-2-5-16(14(17)8-11)20-15-6-7-18-9-12(15)10-19-13-3-4-13/h2,5-9,13,19H,3-4,10H2,1H3. The second-order valence-corrected chi connectivity index (χ2v) is 6.03. The molecule has 1 N–H and O–H groups in total. The normalized spacial score (nSPS) is 14.3. The molecular weight excluding hydrogens is 316 g/mol. The third-order valence-electron chi connectivity index (χ3n) is 3.32. The van der Waals surface area contributed by atoms with Gasteiger partial charge in [0.2, 0.25) is 0 Å². The number of nitrogens with zero attached hydrogens (tertiary/aromatic N) is 1. The van der Waals surface area contributed by atoms with Gasteiger partial charge in [0.05, 0.1) is 4.47 Å². The van der Waals surface area contributed by atoms with Crippen molar-refractivity contribution in [2.75, 3.05) is 0 Å². The highest BCUT2D eigenvalue weighted by Gasteiger charge is 2.20. The molecule has 0 aliphatic heterocycles. The summed E-state index contributed by atoms with van der Waals surface area (Å²) < 4.78 is 6.99. The molecule has 3 rings (SSSR count). The molecule has 104 valence electrons. The Hall–Kier alpha value is -1.39. The minimum atomic E-state index is 0.675. The van der Waals surface area contributed by atoms with Crippen molar-refractivity contribution in [3.8, 4) is 11.5 Å². The zero-order valence-electron chi connectivity index (χ0n) is 11.4. The summed E-state index contributed by atoms with van der Waals surface area (Å²) in [6.07, 6.45) is 6.19. The minimum absolute atomic E-state index is 0.675. The molecule has 0 atom stereocenters. The van der Waals surface area contributed by atoms with Crippen LogP contribution in [0.4, 0.5) is 0 Å². The summed E-state index contributed by atoms with van der Waals surface area (Å²) in [4.78, 5) is 4.19. The highest BCUT2D eigenvalue weighted by Crippen LogP contribution is 2.32. The minimum Gasteiger partial charge on any atom is -0.456 e. The molecule has 1 aromatic heterocycles. The van der Waals surface area contributed by atoms with Gasteiger partial charge in [-0.15, -0.1) is 0 Å². The Balaban J connectivity index is 1.78. The summed E-state index contributed by atoms with van der Waals surface area (Å²) in [7, 11) is 0. The van der Waals surface area contributed by atoms with E-state index < -0.39 is 0 Å². The van der Waals surface area contributed by atoms with Gasteiger partial charge in [-0.2, -0.15) is 0 Å². The van der Waals surface area contributed by atoms with Crippen molar-refractivity contribution in [1.82, 2.24) is 10.3 Å².